The van der Waals surface area contributed by atoms with E-state index >= 15 is 0 Å². The molecule has 0 nitrogen and oxygen atoms in total. The average molecular weight is 230 g/mol. The lowest BCUT2D eigenvalue weighted by Gasteiger charge is -2.15. The first-order chi connectivity index (χ1) is 8.36. The topological polar surface area (TPSA) is 0 Å². The molecule has 0 heteroatoms. The van der Waals surface area contributed by atoms with E-state index in [4.69, 9.17) is 0 Å². The molecular weight excluding hydrogens is 204 g/mol. The summed E-state index contributed by atoms with van der Waals surface area (Å²) in [6.07, 6.45) is 12.8. The molecule has 1 aromatic carbocycles. The third-order valence-corrected chi connectivity index (χ3v) is 4.15. The first-order valence-corrected chi connectivity index (χ1v) is 7.43. The van der Waals surface area contributed by atoms with Crippen molar-refractivity contribution in [2.75, 3.05) is 0 Å². The van der Waals surface area contributed by atoms with Gasteiger partial charge in [0.15, 0.2) is 0 Å². The van der Waals surface area contributed by atoms with Crippen LogP contribution in [0.1, 0.15) is 63.0 Å². The molecule has 2 aliphatic rings. The Kier molecular flexibility index (Phi) is 5.09. The van der Waals surface area contributed by atoms with Gasteiger partial charge >= 0.3 is 0 Å². The molecule has 0 amide bonds. The fourth-order valence-electron chi connectivity index (χ4n) is 2.98. The Morgan fingerprint density at radius 3 is 1.71 bits per heavy atom. The summed E-state index contributed by atoms with van der Waals surface area (Å²) in [5.41, 5.74) is 3.16. The van der Waals surface area contributed by atoms with Gasteiger partial charge in [0, 0.05) is 0 Å². The van der Waals surface area contributed by atoms with E-state index in [1.54, 1.807) is 11.1 Å². The SMILES string of the molecule is CC1CCCCC1.c1ccc2c(c1)CCCC2. The molecule has 0 radical (unpaired) electrons. The number of fused-ring (bicyclic) bond motifs is 1. The van der Waals surface area contributed by atoms with Gasteiger partial charge in [0.1, 0.15) is 0 Å². The number of benzene rings is 1. The van der Waals surface area contributed by atoms with Crippen molar-refractivity contribution >= 4 is 0 Å². The lowest BCUT2D eigenvalue weighted by molar-refractivity contribution is 0.385. The quantitative estimate of drug-likeness (QED) is 0.578. The predicted octanol–water partition coefficient (Wildman–Crippen LogP) is 5.15. The Hall–Kier alpha value is -0.780. The second kappa shape index (κ2) is 6.83. The second-order valence-corrected chi connectivity index (χ2v) is 5.72. The summed E-state index contributed by atoms with van der Waals surface area (Å²) in [6, 6.07) is 8.80. The maximum absolute atomic E-state index is 2.36. The van der Waals surface area contributed by atoms with Crippen molar-refractivity contribution in [3.8, 4) is 0 Å². The lowest BCUT2D eigenvalue weighted by Crippen LogP contribution is -2.00. The van der Waals surface area contributed by atoms with E-state index in [0.29, 0.717) is 0 Å². The Bertz CT molecular complexity index is 296. The van der Waals surface area contributed by atoms with Gasteiger partial charge < -0.3 is 0 Å². The van der Waals surface area contributed by atoms with Crippen LogP contribution in [0.3, 0.4) is 0 Å². The standard InChI is InChI=1S/C10H12.C7H14/c1-2-6-10-8-4-3-7-9(10)5-1;1-7-5-3-2-4-6-7/h1-2,5-6H,3-4,7-8H2;7H,2-6H2,1H3. The summed E-state index contributed by atoms with van der Waals surface area (Å²) >= 11 is 0. The molecule has 94 valence electrons. The summed E-state index contributed by atoms with van der Waals surface area (Å²) in [6.45, 7) is 2.36. The zero-order chi connectivity index (χ0) is 11.9. The highest BCUT2D eigenvalue weighted by atomic mass is 14.1. The highest BCUT2D eigenvalue weighted by Gasteiger charge is 2.06. The Balaban J connectivity index is 0.000000136. The normalized spacial score (nSPS) is 20.1. The monoisotopic (exact) mass is 230 g/mol. The van der Waals surface area contributed by atoms with Crippen LogP contribution in [0.25, 0.3) is 0 Å². The first kappa shape index (κ1) is 12.7. The zero-order valence-electron chi connectivity index (χ0n) is 11.3. The third kappa shape index (κ3) is 4.18. The molecule has 0 heterocycles. The molecule has 3 rings (SSSR count). The van der Waals surface area contributed by atoms with Gasteiger partial charge in [-0.2, -0.15) is 0 Å². The minimum atomic E-state index is 1.04. The smallest absolute Gasteiger partial charge is 0.0276 e. The van der Waals surface area contributed by atoms with Gasteiger partial charge in [-0.25, -0.2) is 0 Å². The predicted molar refractivity (Wildman–Crippen MR) is 75.3 cm³/mol. The van der Waals surface area contributed by atoms with Crippen LogP contribution < -0.4 is 0 Å². The van der Waals surface area contributed by atoms with Crippen LogP contribution in [-0.4, -0.2) is 0 Å². The first-order valence-electron chi connectivity index (χ1n) is 7.43. The molecule has 0 spiro atoms. The molecule has 0 atom stereocenters. The summed E-state index contributed by atoms with van der Waals surface area (Å²) < 4.78 is 0. The minimum Gasteiger partial charge on any atom is -0.0625 e. The summed E-state index contributed by atoms with van der Waals surface area (Å²) in [7, 11) is 0. The van der Waals surface area contributed by atoms with Crippen molar-refractivity contribution in [1.29, 1.82) is 0 Å². The largest absolute Gasteiger partial charge is 0.0625 e. The second-order valence-electron chi connectivity index (χ2n) is 5.72. The summed E-state index contributed by atoms with van der Waals surface area (Å²) in [5.74, 6) is 1.04. The van der Waals surface area contributed by atoms with Gasteiger partial charge in [-0.05, 0) is 42.7 Å². The fourth-order valence-corrected chi connectivity index (χ4v) is 2.98. The van der Waals surface area contributed by atoms with Crippen LogP contribution in [0.5, 0.6) is 0 Å². The van der Waals surface area contributed by atoms with Crippen LogP contribution >= 0.6 is 0 Å². The molecule has 0 aliphatic heterocycles. The van der Waals surface area contributed by atoms with Crippen LogP contribution in [0.2, 0.25) is 0 Å². The highest BCUT2D eigenvalue weighted by molar-refractivity contribution is 5.28. The molecule has 17 heavy (non-hydrogen) atoms. The maximum Gasteiger partial charge on any atom is -0.0276 e. The van der Waals surface area contributed by atoms with E-state index in [2.05, 4.69) is 31.2 Å². The average Bonchev–Trinajstić information content (AvgIpc) is 2.41. The number of hydrogen-bond acceptors (Lipinski definition) is 0. The van der Waals surface area contributed by atoms with Crippen LogP contribution in [0.4, 0.5) is 0 Å². The van der Waals surface area contributed by atoms with Crippen LogP contribution in [-0.2, 0) is 12.8 Å². The highest BCUT2D eigenvalue weighted by Crippen LogP contribution is 2.22. The number of rotatable bonds is 0. The Morgan fingerprint density at radius 1 is 0.765 bits per heavy atom. The molecule has 0 bridgehead atoms. The van der Waals surface area contributed by atoms with Crippen molar-refractivity contribution in [2.24, 2.45) is 5.92 Å². The van der Waals surface area contributed by atoms with E-state index in [1.165, 1.54) is 57.8 Å². The van der Waals surface area contributed by atoms with E-state index in [9.17, 15) is 0 Å². The van der Waals surface area contributed by atoms with Crippen molar-refractivity contribution in [3.05, 3.63) is 35.4 Å². The van der Waals surface area contributed by atoms with Crippen molar-refractivity contribution < 1.29 is 0 Å². The molecule has 1 fully saturated rings. The van der Waals surface area contributed by atoms with Crippen molar-refractivity contribution in [2.45, 2.75) is 64.7 Å². The molecule has 1 aromatic rings. The summed E-state index contributed by atoms with van der Waals surface area (Å²) in [4.78, 5) is 0. The molecule has 0 aromatic heterocycles. The van der Waals surface area contributed by atoms with E-state index in [1.807, 2.05) is 0 Å². The van der Waals surface area contributed by atoms with Gasteiger partial charge in [0.05, 0.1) is 0 Å². The lowest BCUT2D eigenvalue weighted by atomic mass is 9.91. The van der Waals surface area contributed by atoms with Gasteiger partial charge in [0.25, 0.3) is 0 Å². The molecule has 0 unspecified atom stereocenters. The third-order valence-electron chi connectivity index (χ3n) is 4.15. The minimum absolute atomic E-state index is 1.04. The zero-order valence-corrected chi connectivity index (χ0v) is 11.3. The Labute approximate surface area is 106 Å². The number of aryl methyl sites for hydroxylation is 2. The molecule has 0 N–H and O–H groups in total. The van der Waals surface area contributed by atoms with Gasteiger partial charge in [0.2, 0.25) is 0 Å². The fraction of sp³-hybridized carbons (Fsp3) is 0.647. The van der Waals surface area contributed by atoms with Crippen molar-refractivity contribution in [1.82, 2.24) is 0 Å². The van der Waals surface area contributed by atoms with Crippen molar-refractivity contribution in [3.63, 3.8) is 0 Å². The molecule has 0 saturated heterocycles. The van der Waals surface area contributed by atoms with E-state index in [0.717, 1.165) is 5.92 Å². The van der Waals surface area contributed by atoms with Gasteiger partial charge in [-0.3, -0.25) is 0 Å². The molecule has 2 aliphatic carbocycles. The van der Waals surface area contributed by atoms with Crippen LogP contribution in [0.15, 0.2) is 24.3 Å². The maximum atomic E-state index is 2.36. The van der Waals surface area contributed by atoms with Crippen LogP contribution in [0, 0.1) is 5.92 Å². The Morgan fingerprint density at radius 2 is 1.29 bits per heavy atom. The number of hydrogen-bond donors (Lipinski definition) is 0. The van der Waals surface area contributed by atoms with E-state index in [-0.39, 0.29) is 0 Å². The summed E-state index contributed by atoms with van der Waals surface area (Å²) in [5, 5.41) is 0. The van der Waals surface area contributed by atoms with Gasteiger partial charge in [-0.15, -0.1) is 0 Å². The molecule has 1 saturated carbocycles. The molecular formula is C17H26. The van der Waals surface area contributed by atoms with E-state index < -0.39 is 0 Å². The van der Waals surface area contributed by atoms with Gasteiger partial charge in [-0.1, -0.05) is 63.3 Å².